The van der Waals surface area contributed by atoms with E-state index in [1.807, 2.05) is 0 Å². The molecular formula is C54H34N2O. The van der Waals surface area contributed by atoms with Crippen molar-refractivity contribution < 1.29 is 4.42 Å². The van der Waals surface area contributed by atoms with Crippen LogP contribution in [0, 0.1) is 0 Å². The molecule has 0 amide bonds. The summed E-state index contributed by atoms with van der Waals surface area (Å²) in [6.45, 7) is 0. The van der Waals surface area contributed by atoms with Crippen LogP contribution in [0.25, 0.3) is 110 Å². The van der Waals surface area contributed by atoms with Crippen molar-refractivity contribution >= 4 is 65.6 Å². The van der Waals surface area contributed by atoms with Gasteiger partial charge in [0.05, 0.1) is 22.1 Å². The van der Waals surface area contributed by atoms with Crippen LogP contribution in [0.5, 0.6) is 0 Å². The first-order chi connectivity index (χ1) is 28.3. The summed E-state index contributed by atoms with van der Waals surface area (Å²) in [7, 11) is 0. The average Bonchev–Trinajstić information content (AvgIpc) is 3.94. The lowest BCUT2D eigenvalue weighted by molar-refractivity contribution is 0.670. The molecule has 3 heterocycles. The van der Waals surface area contributed by atoms with E-state index in [1.54, 1.807) is 0 Å². The van der Waals surface area contributed by atoms with Crippen LogP contribution in [-0.2, 0) is 0 Å². The van der Waals surface area contributed by atoms with E-state index in [0.717, 1.165) is 55.6 Å². The van der Waals surface area contributed by atoms with Crippen molar-refractivity contribution in [1.82, 2.24) is 9.13 Å². The summed E-state index contributed by atoms with van der Waals surface area (Å²) in [6, 6.07) is 74.4. The molecular weight excluding hydrogens is 693 g/mol. The Morgan fingerprint density at radius 2 is 0.807 bits per heavy atom. The summed E-state index contributed by atoms with van der Waals surface area (Å²) in [5.74, 6) is 0. The normalized spacial score (nSPS) is 11.9. The summed E-state index contributed by atoms with van der Waals surface area (Å²) in [6.07, 6.45) is 0. The molecule has 57 heavy (non-hydrogen) atoms. The molecule has 0 saturated carbocycles. The van der Waals surface area contributed by atoms with Gasteiger partial charge in [-0.15, -0.1) is 0 Å². The van der Waals surface area contributed by atoms with Crippen molar-refractivity contribution in [2.75, 3.05) is 0 Å². The maximum atomic E-state index is 6.72. The van der Waals surface area contributed by atoms with Crippen molar-refractivity contribution in [2.45, 2.75) is 0 Å². The molecule has 0 aliphatic heterocycles. The van der Waals surface area contributed by atoms with Gasteiger partial charge in [0.15, 0.2) is 0 Å². The van der Waals surface area contributed by atoms with Gasteiger partial charge in [0.1, 0.15) is 11.2 Å². The summed E-state index contributed by atoms with van der Waals surface area (Å²) < 4.78 is 11.5. The third kappa shape index (κ3) is 4.92. The Labute approximate surface area is 328 Å². The van der Waals surface area contributed by atoms with Crippen LogP contribution < -0.4 is 0 Å². The molecule has 0 N–H and O–H groups in total. The number of hydrogen-bond donors (Lipinski definition) is 0. The standard InChI is InChI=1S/C54H34N2O/c1-3-13-35(14-4-1)36-23-27-41(28-24-36)55-50-21-11-8-18-43(50)47-31-37(26-30-51(47)55)39-32-46(54-48(33-39)45-19-9-12-22-53(45)57-54)38-25-29-44-42-17-7-10-20-49(42)56(52(44)34-38)40-15-5-2-6-16-40/h1-34H. The SMILES string of the molecule is c1ccc(-c2ccc(-n3c4ccccc4c4cc(-c5cc(-c6ccc7c8ccccc8n(-c8ccccc8)c7c6)c6oc7ccccc7c6c5)ccc43)cc2)cc1. The summed E-state index contributed by atoms with van der Waals surface area (Å²) >= 11 is 0. The van der Waals surface area contributed by atoms with Gasteiger partial charge in [-0.05, 0) is 101 Å². The van der Waals surface area contributed by atoms with E-state index in [2.05, 4.69) is 215 Å². The van der Waals surface area contributed by atoms with Gasteiger partial charge < -0.3 is 13.6 Å². The third-order valence-electron chi connectivity index (χ3n) is 11.7. The molecule has 3 heteroatoms. The number of furan rings is 1. The second kappa shape index (κ2) is 12.5. The molecule has 12 aromatic rings. The van der Waals surface area contributed by atoms with E-state index in [0.29, 0.717) is 0 Å². The summed E-state index contributed by atoms with van der Waals surface area (Å²) in [5.41, 5.74) is 15.7. The Bertz CT molecular complexity index is 3490. The van der Waals surface area contributed by atoms with E-state index in [-0.39, 0.29) is 0 Å². The number of aromatic nitrogens is 2. The van der Waals surface area contributed by atoms with E-state index in [1.165, 1.54) is 54.7 Å². The van der Waals surface area contributed by atoms with Crippen LogP contribution >= 0.6 is 0 Å². The highest BCUT2D eigenvalue weighted by Crippen LogP contribution is 2.43. The van der Waals surface area contributed by atoms with Gasteiger partial charge in [0, 0.05) is 49.3 Å². The Hall–Kier alpha value is -7.62. The predicted molar refractivity (Wildman–Crippen MR) is 239 cm³/mol. The lowest BCUT2D eigenvalue weighted by Gasteiger charge is -2.12. The first-order valence-corrected chi connectivity index (χ1v) is 19.5. The smallest absolute Gasteiger partial charge is 0.143 e. The largest absolute Gasteiger partial charge is 0.455 e. The third-order valence-corrected chi connectivity index (χ3v) is 11.7. The van der Waals surface area contributed by atoms with Gasteiger partial charge in [-0.1, -0.05) is 133 Å². The average molecular weight is 727 g/mol. The fourth-order valence-electron chi connectivity index (χ4n) is 9.07. The molecule has 0 atom stereocenters. The van der Waals surface area contributed by atoms with Gasteiger partial charge >= 0.3 is 0 Å². The van der Waals surface area contributed by atoms with Gasteiger partial charge in [-0.2, -0.15) is 0 Å². The number of fused-ring (bicyclic) bond motifs is 9. The second-order valence-corrected chi connectivity index (χ2v) is 14.9. The molecule has 3 nitrogen and oxygen atoms in total. The van der Waals surface area contributed by atoms with Crippen molar-refractivity contribution in [3.63, 3.8) is 0 Å². The van der Waals surface area contributed by atoms with Crippen LogP contribution in [-0.4, -0.2) is 9.13 Å². The van der Waals surface area contributed by atoms with E-state index >= 15 is 0 Å². The summed E-state index contributed by atoms with van der Waals surface area (Å²) in [4.78, 5) is 0. The molecule has 0 aliphatic rings. The number of hydrogen-bond acceptors (Lipinski definition) is 1. The predicted octanol–water partition coefficient (Wildman–Crippen LogP) is 14.8. The number of rotatable bonds is 5. The maximum absolute atomic E-state index is 6.72. The topological polar surface area (TPSA) is 23.0 Å². The molecule has 3 aromatic heterocycles. The minimum absolute atomic E-state index is 0.891. The van der Waals surface area contributed by atoms with Crippen molar-refractivity contribution in [3.8, 4) is 44.8 Å². The Morgan fingerprint density at radius 3 is 1.58 bits per heavy atom. The van der Waals surface area contributed by atoms with Crippen LogP contribution in [0.1, 0.15) is 0 Å². The zero-order valence-electron chi connectivity index (χ0n) is 30.9. The van der Waals surface area contributed by atoms with Crippen LogP contribution in [0.4, 0.5) is 0 Å². The van der Waals surface area contributed by atoms with Gasteiger partial charge in [0.2, 0.25) is 0 Å². The molecule has 0 saturated heterocycles. The Morgan fingerprint density at radius 1 is 0.281 bits per heavy atom. The highest BCUT2D eigenvalue weighted by Gasteiger charge is 2.19. The first-order valence-electron chi connectivity index (χ1n) is 19.5. The van der Waals surface area contributed by atoms with Crippen molar-refractivity contribution in [2.24, 2.45) is 0 Å². The van der Waals surface area contributed by atoms with Gasteiger partial charge in [-0.3, -0.25) is 0 Å². The molecule has 0 unspecified atom stereocenters. The van der Waals surface area contributed by atoms with E-state index < -0.39 is 0 Å². The highest BCUT2D eigenvalue weighted by molar-refractivity contribution is 6.15. The minimum atomic E-state index is 0.891. The van der Waals surface area contributed by atoms with Crippen molar-refractivity contribution in [1.29, 1.82) is 0 Å². The highest BCUT2D eigenvalue weighted by atomic mass is 16.3. The fraction of sp³-hybridized carbons (Fsp3) is 0. The van der Waals surface area contributed by atoms with Crippen LogP contribution in [0.2, 0.25) is 0 Å². The quantitative estimate of drug-likeness (QED) is 0.173. The number of nitrogens with zero attached hydrogens (tertiary/aromatic N) is 2. The number of para-hydroxylation sites is 4. The van der Waals surface area contributed by atoms with E-state index in [9.17, 15) is 0 Å². The molecule has 9 aromatic carbocycles. The van der Waals surface area contributed by atoms with Crippen molar-refractivity contribution in [3.05, 3.63) is 206 Å². The molecule has 266 valence electrons. The first kappa shape index (κ1) is 31.7. The summed E-state index contributed by atoms with van der Waals surface area (Å²) in [5, 5.41) is 7.16. The second-order valence-electron chi connectivity index (χ2n) is 14.9. The monoisotopic (exact) mass is 726 g/mol. The van der Waals surface area contributed by atoms with Gasteiger partial charge in [-0.25, -0.2) is 0 Å². The minimum Gasteiger partial charge on any atom is -0.455 e. The molecule has 0 radical (unpaired) electrons. The molecule has 0 aliphatic carbocycles. The fourth-order valence-corrected chi connectivity index (χ4v) is 9.07. The Kier molecular flexibility index (Phi) is 6.93. The molecule has 12 rings (SSSR count). The lowest BCUT2D eigenvalue weighted by atomic mass is 9.94. The van der Waals surface area contributed by atoms with Crippen LogP contribution in [0.3, 0.4) is 0 Å². The lowest BCUT2D eigenvalue weighted by Crippen LogP contribution is -1.94. The molecule has 0 bridgehead atoms. The maximum Gasteiger partial charge on any atom is 0.143 e. The van der Waals surface area contributed by atoms with E-state index in [4.69, 9.17) is 4.42 Å². The van der Waals surface area contributed by atoms with Crippen LogP contribution in [0.15, 0.2) is 211 Å². The Balaban J connectivity index is 1.06. The molecule has 0 spiro atoms. The zero-order valence-corrected chi connectivity index (χ0v) is 30.9. The zero-order chi connectivity index (χ0) is 37.5. The van der Waals surface area contributed by atoms with Gasteiger partial charge in [0.25, 0.3) is 0 Å². The number of benzene rings is 9. The molecule has 0 fully saturated rings.